The first kappa shape index (κ1) is 15.7. The highest BCUT2D eigenvalue weighted by atomic mass is 79.9. The molecule has 0 amide bonds. The SMILES string of the molecule is CCC1SCCSC1C(O)c1c(Br)cnn1C(C)C. The third-order valence-electron chi connectivity index (χ3n) is 3.36. The predicted octanol–water partition coefficient (Wildman–Crippen LogP) is 3.89. The van der Waals surface area contributed by atoms with Crippen molar-refractivity contribution in [1.82, 2.24) is 9.78 Å². The van der Waals surface area contributed by atoms with Crippen molar-refractivity contribution in [3.8, 4) is 0 Å². The van der Waals surface area contributed by atoms with Gasteiger partial charge >= 0.3 is 0 Å². The maximum Gasteiger partial charge on any atom is 0.110 e. The van der Waals surface area contributed by atoms with Crippen LogP contribution < -0.4 is 0 Å². The molecule has 6 heteroatoms. The molecule has 1 N–H and O–H groups in total. The Morgan fingerprint density at radius 1 is 1.47 bits per heavy atom. The van der Waals surface area contributed by atoms with Gasteiger partial charge in [0.1, 0.15) is 6.10 Å². The smallest absolute Gasteiger partial charge is 0.110 e. The van der Waals surface area contributed by atoms with E-state index in [0.29, 0.717) is 5.25 Å². The summed E-state index contributed by atoms with van der Waals surface area (Å²) in [6, 6.07) is 0.261. The Bertz CT molecular complexity index is 425. The van der Waals surface area contributed by atoms with Crippen molar-refractivity contribution in [2.75, 3.05) is 11.5 Å². The maximum absolute atomic E-state index is 10.8. The maximum atomic E-state index is 10.8. The van der Waals surface area contributed by atoms with E-state index < -0.39 is 6.10 Å². The van der Waals surface area contributed by atoms with Gasteiger partial charge in [-0.1, -0.05) is 6.92 Å². The average molecular weight is 365 g/mol. The van der Waals surface area contributed by atoms with Gasteiger partial charge in [-0.05, 0) is 36.2 Å². The first-order valence-corrected chi connectivity index (χ1v) is 9.59. The van der Waals surface area contributed by atoms with Gasteiger partial charge in [-0.3, -0.25) is 4.68 Å². The lowest BCUT2D eigenvalue weighted by atomic mass is 10.1. The largest absolute Gasteiger partial charge is 0.386 e. The normalized spacial score (nSPS) is 25.8. The third-order valence-corrected chi connectivity index (χ3v) is 7.31. The fourth-order valence-corrected chi connectivity index (χ4v) is 6.04. The van der Waals surface area contributed by atoms with E-state index in [1.54, 1.807) is 6.20 Å². The van der Waals surface area contributed by atoms with E-state index in [2.05, 4.69) is 41.8 Å². The minimum Gasteiger partial charge on any atom is -0.386 e. The molecule has 0 radical (unpaired) electrons. The van der Waals surface area contributed by atoms with Crippen molar-refractivity contribution in [2.24, 2.45) is 0 Å². The number of nitrogens with zero attached hydrogens (tertiary/aromatic N) is 2. The fourth-order valence-electron chi connectivity index (χ4n) is 2.43. The van der Waals surface area contributed by atoms with Crippen LogP contribution in [0.4, 0.5) is 0 Å². The Balaban J connectivity index is 2.27. The minimum atomic E-state index is -0.456. The van der Waals surface area contributed by atoms with Crippen LogP contribution in [0.3, 0.4) is 0 Å². The highest BCUT2D eigenvalue weighted by molar-refractivity contribution is 9.10. The van der Waals surface area contributed by atoms with Gasteiger partial charge in [0, 0.05) is 28.0 Å². The highest BCUT2D eigenvalue weighted by Crippen LogP contribution is 2.42. The molecule has 1 aliphatic heterocycles. The van der Waals surface area contributed by atoms with Crippen LogP contribution in [-0.2, 0) is 0 Å². The van der Waals surface area contributed by atoms with E-state index in [0.717, 1.165) is 22.3 Å². The number of aromatic nitrogens is 2. The second kappa shape index (κ2) is 6.87. The number of hydrogen-bond donors (Lipinski definition) is 1. The molecular formula is C13H21BrN2OS2. The lowest BCUT2D eigenvalue weighted by Crippen LogP contribution is -2.32. The summed E-state index contributed by atoms with van der Waals surface area (Å²) in [5.74, 6) is 2.31. The molecule has 1 saturated heterocycles. The average Bonchev–Trinajstić information content (AvgIpc) is 2.80. The Hall–Kier alpha value is 0.350. The molecule has 1 fully saturated rings. The molecule has 3 atom stereocenters. The molecule has 1 aromatic heterocycles. The summed E-state index contributed by atoms with van der Waals surface area (Å²) in [4.78, 5) is 0. The molecule has 0 bridgehead atoms. The van der Waals surface area contributed by atoms with Crippen LogP contribution >= 0.6 is 39.5 Å². The van der Waals surface area contributed by atoms with Crippen LogP contribution in [0.2, 0.25) is 0 Å². The Labute approximate surface area is 132 Å². The number of hydrogen-bond acceptors (Lipinski definition) is 4. The number of halogens is 1. The molecule has 3 unspecified atom stereocenters. The van der Waals surface area contributed by atoms with Gasteiger partial charge in [0.15, 0.2) is 0 Å². The van der Waals surface area contributed by atoms with Gasteiger partial charge in [-0.15, -0.1) is 0 Å². The monoisotopic (exact) mass is 364 g/mol. The minimum absolute atomic E-state index is 0.259. The van der Waals surface area contributed by atoms with Crippen LogP contribution in [0.15, 0.2) is 10.7 Å². The van der Waals surface area contributed by atoms with Gasteiger partial charge in [0.25, 0.3) is 0 Å². The second-order valence-corrected chi connectivity index (χ2v) is 8.50. The number of rotatable bonds is 4. The molecule has 2 rings (SSSR count). The predicted molar refractivity (Wildman–Crippen MR) is 88.1 cm³/mol. The molecule has 0 saturated carbocycles. The molecule has 3 nitrogen and oxygen atoms in total. The fraction of sp³-hybridized carbons (Fsp3) is 0.769. The van der Waals surface area contributed by atoms with Gasteiger partial charge in [0.2, 0.25) is 0 Å². The summed E-state index contributed by atoms with van der Waals surface area (Å²) in [5, 5.41) is 16.0. The molecule has 0 aliphatic carbocycles. The first-order chi connectivity index (χ1) is 9.06. The first-order valence-electron chi connectivity index (χ1n) is 6.70. The lowest BCUT2D eigenvalue weighted by Gasteiger charge is -2.34. The molecule has 0 aromatic carbocycles. The zero-order valence-electron chi connectivity index (χ0n) is 11.5. The van der Waals surface area contributed by atoms with Crippen LogP contribution in [0.1, 0.15) is 45.0 Å². The summed E-state index contributed by atoms with van der Waals surface area (Å²) >= 11 is 7.42. The van der Waals surface area contributed by atoms with Crippen molar-refractivity contribution in [3.63, 3.8) is 0 Å². The number of aliphatic hydroxyl groups excluding tert-OH is 1. The summed E-state index contributed by atoms with van der Waals surface area (Å²) < 4.78 is 2.85. The zero-order valence-corrected chi connectivity index (χ0v) is 14.8. The van der Waals surface area contributed by atoms with Crippen molar-refractivity contribution < 1.29 is 5.11 Å². The molecule has 1 aliphatic rings. The van der Waals surface area contributed by atoms with E-state index in [9.17, 15) is 5.11 Å². The summed E-state index contributed by atoms with van der Waals surface area (Å²) in [6.45, 7) is 6.39. The Kier molecular flexibility index (Phi) is 5.69. The summed E-state index contributed by atoms with van der Waals surface area (Å²) in [5.41, 5.74) is 0.924. The van der Waals surface area contributed by atoms with E-state index in [4.69, 9.17) is 0 Å². The topological polar surface area (TPSA) is 38.1 Å². The van der Waals surface area contributed by atoms with Gasteiger partial charge < -0.3 is 5.11 Å². The van der Waals surface area contributed by atoms with Crippen molar-refractivity contribution in [3.05, 3.63) is 16.4 Å². The van der Waals surface area contributed by atoms with E-state index >= 15 is 0 Å². The number of thioether (sulfide) groups is 2. The lowest BCUT2D eigenvalue weighted by molar-refractivity contribution is 0.158. The van der Waals surface area contributed by atoms with Crippen molar-refractivity contribution in [1.29, 1.82) is 0 Å². The van der Waals surface area contributed by atoms with Crippen molar-refractivity contribution in [2.45, 2.75) is 49.8 Å². The molecule has 19 heavy (non-hydrogen) atoms. The van der Waals surface area contributed by atoms with Gasteiger partial charge in [0.05, 0.1) is 16.4 Å². The van der Waals surface area contributed by atoms with Crippen molar-refractivity contribution >= 4 is 39.5 Å². The standard InChI is InChI=1S/C13H21BrN2OS2/c1-4-10-13(19-6-5-18-10)12(17)11-9(14)7-15-16(11)8(2)3/h7-8,10,12-13,17H,4-6H2,1-3H3. The van der Waals surface area contributed by atoms with Gasteiger partial charge in [-0.2, -0.15) is 28.6 Å². The van der Waals surface area contributed by atoms with E-state index in [1.807, 2.05) is 28.2 Å². The second-order valence-electron chi connectivity index (χ2n) is 5.01. The Morgan fingerprint density at radius 2 is 2.16 bits per heavy atom. The van der Waals surface area contributed by atoms with Crippen LogP contribution in [0.5, 0.6) is 0 Å². The Morgan fingerprint density at radius 3 is 2.79 bits per heavy atom. The summed E-state index contributed by atoms with van der Waals surface area (Å²) in [7, 11) is 0. The third kappa shape index (κ3) is 3.34. The zero-order chi connectivity index (χ0) is 14.0. The van der Waals surface area contributed by atoms with Crippen LogP contribution in [-0.4, -0.2) is 36.9 Å². The van der Waals surface area contributed by atoms with E-state index in [-0.39, 0.29) is 11.3 Å². The number of aliphatic hydroxyl groups is 1. The van der Waals surface area contributed by atoms with Gasteiger partial charge in [-0.25, -0.2) is 0 Å². The van der Waals surface area contributed by atoms with Crippen LogP contribution in [0, 0.1) is 0 Å². The highest BCUT2D eigenvalue weighted by Gasteiger charge is 2.35. The van der Waals surface area contributed by atoms with Crippen LogP contribution in [0.25, 0.3) is 0 Å². The molecule has 1 aromatic rings. The quantitative estimate of drug-likeness (QED) is 0.879. The summed E-state index contributed by atoms with van der Waals surface area (Å²) in [6.07, 6.45) is 2.44. The molecule has 2 heterocycles. The van der Waals surface area contributed by atoms with E-state index in [1.165, 1.54) is 5.75 Å². The molecule has 0 spiro atoms. The molecular weight excluding hydrogens is 344 g/mol. The molecule has 108 valence electrons.